The van der Waals surface area contributed by atoms with Crippen LogP contribution in [0.3, 0.4) is 0 Å². The van der Waals surface area contributed by atoms with E-state index in [1.54, 1.807) is 30.3 Å². The number of allylic oxidation sites excluding steroid dienone is 1. The molecule has 2 heterocycles. The Morgan fingerprint density at radius 2 is 1.71 bits per heavy atom. The third-order valence-electron chi connectivity index (χ3n) is 5.70. The molecule has 1 atom stereocenters. The van der Waals surface area contributed by atoms with E-state index in [0.29, 0.717) is 28.6 Å². The third-order valence-corrected chi connectivity index (χ3v) is 5.70. The fraction of sp³-hybridized carbons (Fsp3) is 0.185. The maximum absolute atomic E-state index is 13.3. The van der Waals surface area contributed by atoms with E-state index in [0.717, 1.165) is 5.56 Å². The molecule has 2 aromatic carbocycles. The molecule has 0 fully saturated rings. The van der Waals surface area contributed by atoms with Gasteiger partial charge in [-0.15, -0.1) is 0 Å². The molecule has 0 saturated heterocycles. The number of ether oxygens (including phenoxy) is 3. The van der Waals surface area contributed by atoms with Crippen molar-refractivity contribution in [3.8, 4) is 17.2 Å². The van der Waals surface area contributed by atoms with Crippen LogP contribution in [-0.4, -0.2) is 43.0 Å². The van der Waals surface area contributed by atoms with Gasteiger partial charge in [-0.1, -0.05) is 36.4 Å². The number of benzene rings is 2. The van der Waals surface area contributed by atoms with Crippen molar-refractivity contribution in [1.82, 2.24) is 4.90 Å². The molecule has 0 radical (unpaired) electrons. The number of carbonyl (C=O) groups excluding carboxylic acids is 2. The SMILES string of the molecule is COc1cc(C2C(C(=O)C=Cc3ccccc3)=C(O)C(=O)N2Cc2ccco2)cc(OC)c1OC. The van der Waals surface area contributed by atoms with Crippen LogP contribution in [0.25, 0.3) is 6.08 Å². The summed E-state index contributed by atoms with van der Waals surface area (Å²) in [5, 5.41) is 10.8. The second-order valence-electron chi connectivity index (χ2n) is 7.74. The molecule has 4 rings (SSSR count). The molecular weight excluding hydrogens is 450 g/mol. The largest absolute Gasteiger partial charge is 0.503 e. The number of amides is 1. The normalized spacial score (nSPS) is 15.7. The minimum Gasteiger partial charge on any atom is -0.503 e. The molecule has 180 valence electrons. The lowest BCUT2D eigenvalue weighted by Crippen LogP contribution is -2.30. The Morgan fingerprint density at radius 3 is 2.29 bits per heavy atom. The van der Waals surface area contributed by atoms with Crippen molar-refractivity contribution in [2.75, 3.05) is 21.3 Å². The Labute approximate surface area is 202 Å². The molecule has 1 N–H and O–H groups in total. The number of hydrogen-bond acceptors (Lipinski definition) is 7. The zero-order chi connectivity index (χ0) is 24.9. The fourth-order valence-corrected chi connectivity index (χ4v) is 4.07. The predicted molar refractivity (Wildman–Crippen MR) is 128 cm³/mol. The first-order valence-electron chi connectivity index (χ1n) is 10.8. The molecule has 0 bridgehead atoms. The lowest BCUT2D eigenvalue weighted by molar-refractivity contribution is -0.130. The van der Waals surface area contributed by atoms with Gasteiger partial charge in [0.15, 0.2) is 23.0 Å². The van der Waals surface area contributed by atoms with Gasteiger partial charge in [-0.25, -0.2) is 0 Å². The first-order valence-corrected chi connectivity index (χ1v) is 10.8. The number of nitrogens with zero attached hydrogens (tertiary/aromatic N) is 1. The summed E-state index contributed by atoms with van der Waals surface area (Å²) in [6, 6.07) is 15.1. The molecule has 35 heavy (non-hydrogen) atoms. The highest BCUT2D eigenvalue weighted by molar-refractivity contribution is 6.14. The average Bonchev–Trinajstić information content (AvgIpc) is 3.49. The highest BCUT2D eigenvalue weighted by atomic mass is 16.5. The Morgan fingerprint density at radius 1 is 1.03 bits per heavy atom. The van der Waals surface area contributed by atoms with Crippen LogP contribution in [0.2, 0.25) is 0 Å². The molecule has 8 nitrogen and oxygen atoms in total. The lowest BCUT2D eigenvalue weighted by Gasteiger charge is -2.27. The van der Waals surface area contributed by atoms with Crippen LogP contribution >= 0.6 is 0 Å². The number of furan rings is 1. The van der Waals surface area contributed by atoms with Gasteiger partial charge in [0.1, 0.15) is 5.76 Å². The molecule has 3 aromatic rings. The molecule has 0 aliphatic carbocycles. The van der Waals surface area contributed by atoms with Crippen LogP contribution in [0.15, 0.2) is 82.7 Å². The lowest BCUT2D eigenvalue weighted by atomic mass is 9.94. The van der Waals surface area contributed by atoms with Crippen molar-refractivity contribution in [3.05, 3.63) is 95.2 Å². The summed E-state index contributed by atoms with van der Waals surface area (Å²) < 4.78 is 21.8. The van der Waals surface area contributed by atoms with Crippen LogP contribution in [0.1, 0.15) is 22.9 Å². The molecule has 8 heteroatoms. The molecular formula is C27H25NO7. The van der Waals surface area contributed by atoms with E-state index >= 15 is 0 Å². The Hall–Kier alpha value is -4.46. The molecule has 1 amide bonds. The summed E-state index contributed by atoms with van der Waals surface area (Å²) in [6.07, 6.45) is 4.47. The topological polar surface area (TPSA) is 98.4 Å². The van der Waals surface area contributed by atoms with Crippen molar-refractivity contribution in [2.24, 2.45) is 0 Å². The molecule has 1 unspecified atom stereocenters. The van der Waals surface area contributed by atoms with E-state index in [-0.39, 0.29) is 12.1 Å². The minimum absolute atomic E-state index is 0.0381. The Bertz CT molecular complexity index is 1250. The van der Waals surface area contributed by atoms with E-state index in [1.165, 1.54) is 38.6 Å². The Kier molecular flexibility index (Phi) is 6.91. The third kappa shape index (κ3) is 4.63. The standard InChI is InChI=1S/C27H25NO7/c1-32-21-14-18(15-22(33-2)26(21)34-3)24-23(20(29)12-11-17-8-5-4-6-9-17)25(30)27(31)28(24)16-19-10-7-13-35-19/h4-15,24,30H,16H2,1-3H3. The van der Waals surface area contributed by atoms with Crippen molar-refractivity contribution < 1.29 is 33.3 Å². The number of carbonyl (C=O) groups is 2. The van der Waals surface area contributed by atoms with Crippen LogP contribution in [-0.2, 0) is 16.1 Å². The van der Waals surface area contributed by atoms with Crippen molar-refractivity contribution in [1.29, 1.82) is 0 Å². The van der Waals surface area contributed by atoms with Gasteiger partial charge in [-0.05, 0) is 41.5 Å². The van der Waals surface area contributed by atoms with E-state index in [1.807, 2.05) is 30.3 Å². The molecule has 1 aromatic heterocycles. The summed E-state index contributed by atoms with van der Waals surface area (Å²) in [7, 11) is 4.43. The van der Waals surface area contributed by atoms with Gasteiger partial charge in [0, 0.05) is 0 Å². The fourth-order valence-electron chi connectivity index (χ4n) is 4.07. The van der Waals surface area contributed by atoms with Gasteiger partial charge in [-0.2, -0.15) is 0 Å². The zero-order valence-electron chi connectivity index (χ0n) is 19.6. The predicted octanol–water partition coefficient (Wildman–Crippen LogP) is 4.48. The van der Waals surface area contributed by atoms with Crippen LogP contribution < -0.4 is 14.2 Å². The van der Waals surface area contributed by atoms with Gasteiger partial charge >= 0.3 is 0 Å². The van der Waals surface area contributed by atoms with Crippen LogP contribution in [0, 0.1) is 0 Å². The maximum atomic E-state index is 13.3. The maximum Gasteiger partial charge on any atom is 0.290 e. The smallest absolute Gasteiger partial charge is 0.290 e. The van der Waals surface area contributed by atoms with Gasteiger partial charge in [-0.3, -0.25) is 9.59 Å². The summed E-state index contributed by atoms with van der Waals surface area (Å²) >= 11 is 0. The van der Waals surface area contributed by atoms with Gasteiger partial charge in [0.2, 0.25) is 5.75 Å². The Balaban J connectivity index is 1.82. The van der Waals surface area contributed by atoms with Gasteiger partial charge < -0.3 is 28.6 Å². The van der Waals surface area contributed by atoms with E-state index in [9.17, 15) is 14.7 Å². The first kappa shape index (κ1) is 23.7. The summed E-state index contributed by atoms with van der Waals surface area (Å²) in [4.78, 5) is 27.9. The quantitative estimate of drug-likeness (QED) is 0.456. The van der Waals surface area contributed by atoms with Crippen LogP contribution in [0.5, 0.6) is 17.2 Å². The highest BCUT2D eigenvalue weighted by Crippen LogP contribution is 2.45. The zero-order valence-corrected chi connectivity index (χ0v) is 19.6. The minimum atomic E-state index is -0.922. The molecule has 0 saturated carbocycles. The number of aliphatic hydroxyl groups excluding tert-OH is 1. The van der Waals surface area contributed by atoms with Gasteiger partial charge in [0.05, 0.1) is 45.8 Å². The van der Waals surface area contributed by atoms with E-state index in [2.05, 4.69) is 0 Å². The monoisotopic (exact) mass is 475 g/mol. The summed E-state index contributed by atoms with van der Waals surface area (Å²) in [5.41, 5.74) is 1.25. The van der Waals surface area contributed by atoms with E-state index < -0.39 is 23.5 Å². The molecule has 0 spiro atoms. The van der Waals surface area contributed by atoms with Crippen molar-refractivity contribution >= 4 is 17.8 Å². The average molecular weight is 475 g/mol. The number of rotatable bonds is 9. The van der Waals surface area contributed by atoms with E-state index in [4.69, 9.17) is 18.6 Å². The number of ketones is 1. The van der Waals surface area contributed by atoms with Crippen molar-refractivity contribution in [3.63, 3.8) is 0 Å². The molecule has 1 aliphatic heterocycles. The number of aliphatic hydroxyl groups is 1. The highest BCUT2D eigenvalue weighted by Gasteiger charge is 2.44. The molecule has 1 aliphatic rings. The van der Waals surface area contributed by atoms with Gasteiger partial charge in [0.25, 0.3) is 5.91 Å². The van der Waals surface area contributed by atoms with Crippen molar-refractivity contribution in [2.45, 2.75) is 12.6 Å². The van der Waals surface area contributed by atoms with Crippen LogP contribution in [0.4, 0.5) is 0 Å². The first-order chi connectivity index (χ1) is 17.0. The second-order valence-corrected chi connectivity index (χ2v) is 7.74. The summed E-state index contributed by atoms with van der Waals surface area (Å²) in [6.45, 7) is 0.0381. The number of hydrogen-bond donors (Lipinski definition) is 1. The summed E-state index contributed by atoms with van der Waals surface area (Å²) in [5.74, 6) is -0.228. The number of methoxy groups -OCH3 is 3. The second kappa shape index (κ2) is 10.2.